The van der Waals surface area contributed by atoms with Crippen molar-refractivity contribution in [3.8, 4) is 0 Å². The topological polar surface area (TPSA) is 78.9 Å². The Hall–Kier alpha value is -4.71. The first-order chi connectivity index (χ1) is 32.5. The zero-order valence-corrected chi connectivity index (χ0v) is 41.9. The second-order valence-electron chi connectivity index (χ2n) is 16.5. The van der Waals surface area contributed by atoms with Crippen LogP contribution in [0.25, 0.3) is 0 Å². The lowest BCUT2D eigenvalue weighted by atomic mass is 10.1. The van der Waals surface area contributed by atoms with E-state index in [0.29, 0.717) is 19.3 Å². The molecule has 6 heteroatoms. The van der Waals surface area contributed by atoms with Crippen LogP contribution in [0.5, 0.6) is 0 Å². The van der Waals surface area contributed by atoms with Crippen LogP contribution in [-0.4, -0.2) is 37.2 Å². The van der Waals surface area contributed by atoms with Crippen molar-refractivity contribution in [2.24, 2.45) is 0 Å². The molecule has 1 atom stereocenters. The van der Waals surface area contributed by atoms with E-state index in [9.17, 15) is 14.4 Å². The molecule has 0 aliphatic heterocycles. The number of carbonyl (C=O) groups excluding carboxylic acids is 3. The van der Waals surface area contributed by atoms with Crippen molar-refractivity contribution >= 4 is 17.9 Å². The van der Waals surface area contributed by atoms with E-state index in [2.05, 4.69) is 112 Å². The number of allylic oxidation sites excluding steroid dienone is 24. The molecule has 0 saturated carbocycles. The number of rotatable bonds is 44. The minimum atomic E-state index is -0.849. The highest BCUT2D eigenvalue weighted by atomic mass is 16.6. The average Bonchev–Trinajstić information content (AvgIpc) is 3.31. The zero-order chi connectivity index (χ0) is 47.9. The van der Waals surface area contributed by atoms with E-state index in [1.54, 1.807) is 0 Å². The molecule has 0 N–H and O–H groups in total. The van der Waals surface area contributed by atoms with Crippen LogP contribution < -0.4 is 0 Å². The van der Waals surface area contributed by atoms with Gasteiger partial charge in [0, 0.05) is 19.3 Å². The van der Waals surface area contributed by atoms with Crippen molar-refractivity contribution in [3.63, 3.8) is 0 Å². The van der Waals surface area contributed by atoms with Gasteiger partial charge in [0.1, 0.15) is 13.2 Å². The Morgan fingerprint density at radius 1 is 0.333 bits per heavy atom. The molecular formula is C60H92O6. The Labute approximate surface area is 404 Å². The Kier molecular flexibility index (Phi) is 49.1. The van der Waals surface area contributed by atoms with Crippen molar-refractivity contribution in [2.75, 3.05) is 13.2 Å². The molecule has 66 heavy (non-hydrogen) atoms. The molecule has 0 aliphatic rings. The molecule has 0 aliphatic carbocycles. The summed E-state index contributed by atoms with van der Waals surface area (Å²) in [6.45, 7) is 6.22. The fourth-order valence-electron chi connectivity index (χ4n) is 6.38. The molecule has 6 nitrogen and oxygen atoms in total. The molecule has 0 spiro atoms. The summed E-state index contributed by atoms with van der Waals surface area (Å²) >= 11 is 0. The SMILES string of the molecule is CC/C=C/C=C/C=C/C=C/C=C/CCCC(=O)OCC(COC(=O)CCCCCCC/C=C/C=C/CCCCCCCCC)OC(=O)CCC/C=C/C/C=C/C/C=C/C/C=C/C/C=C/CC. The van der Waals surface area contributed by atoms with Gasteiger partial charge in [0.05, 0.1) is 0 Å². The van der Waals surface area contributed by atoms with Crippen LogP contribution in [0.1, 0.15) is 194 Å². The number of ether oxygens (including phenoxy) is 3. The molecule has 0 rings (SSSR count). The van der Waals surface area contributed by atoms with Gasteiger partial charge in [-0.25, -0.2) is 0 Å². The molecule has 1 unspecified atom stereocenters. The van der Waals surface area contributed by atoms with Gasteiger partial charge in [0.2, 0.25) is 0 Å². The maximum absolute atomic E-state index is 12.8. The first-order valence-corrected chi connectivity index (χ1v) is 25.9. The molecule has 0 aromatic heterocycles. The average molecular weight is 909 g/mol. The number of unbranched alkanes of at least 4 members (excludes halogenated alkanes) is 14. The molecule has 0 amide bonds. The van der Waals surface area contributed by atoms with E-state index < -0.39 is 12.1 Å². The van der Waals surface area contributed by atoms with Gasteiger partial charge >= 0.3 is 17.9 Å². The number of esters is 3. The van der Waals surface area contributed by atoms with Crippen LogP contribution in [0.4, 0.5) is 0 Å². The highest BCUT2D eigenvalue weighted by Gasteiger charge is 2.19. The third kappa shape index (κ3) is 50.3. The van der Waals surface area contributed by atoms with E-state index in [1.807, 2.05) is 54.7 Å². The Morgan fingerprint density at radius 2 is 0.682 bits per heavy atom. The third-order valence-electron chi connectivity index (χ3n) is 10.2. The molecule has 0 fully saturated rings. The number of hydrogen-bond acceptors (Lipinski definition) is 6. The molecule has 0 bridgehead atoms. The van der Waals surface area contributed by atoms with Crippen LogP contribution in [0.2, 0.25) is 0 Å². The van der Waals surface area contributed by atoms with Gasteiger partial charge in [-0.3, -0.25) is 14.4 Å². The summed E-state index contributed by atoms with van der Waals surface area (Å²) < 4.78 is 16.7. The van der Waals surface area contributed by atoms with Gasteiger partial charge in [-0.1, -0.05) is 224 Å². The molecule has 0 aromatic rings. The lowest BCUT2D eigenvalue weighted by Crippen LogP contribution is -2.30. The summed E-state index contributed by atoms with van der Waals surface area (Å²) in [5.74, 6) is -1.10. The van der Waals surface area contributed by atoms with E-state index in [1.165, 1.54) is 51.4 Å². The largest absolute Gasteiger partial charge is 0.462 e. The van der Waals surface area contributed by atoms with Gasteiger partial charge in [0.25, 0.3) is 0 Å². The summed E-state index contributed by atoms with van der Waals surface area (Å²) in [4.78, 5) is 37.9. The van der Waals surface area contributed by atoms with Gasteiger partial charge in [-0.15, -0.1) is 0 Å². The molecule has 0 radical (unpaired) electrons. The first-order valence-electron chi connectivity index (χ1n) is 25.9. The lowest BCUT2D eigenvalue weighted by molar-refractivity contribution is -0.167. The maximum Gasteiger partial charge on any atom is 0.306 e. The highest BCUT2D eigenvalue weighted by molar-refractivity contribution is 5.71. The van der Waals surface area contributed by atoms with Crippen molar-refractivity contribution in [1.82, 2.24) is 0 Å². The van der Waals surface area contributed by atoms with Crippen LogP contribution in [0, 0.1) is 0 Å². The molecule has 368 valence electrons. The normalized spacial score (nSPS) is 13.3. The predicted molar refractivity (Wildman–Crippen MR) is 283 cm³/mol. The number of carbonyl (C=O) groups is 3. The Bertz CT molecular complexity index is 1510. The quantitative estimate of drug-likeness (QED) is 0.0199. The molecule has 0 heterocycles. The Balaban J connectivity index is 4.62. The van der Waals surface area contributed by atoms with Crippen molar-refractivity contribution in [2.45, 2.75) is 200 Å². The van der Waals surface area contributed by atoms with E-state index in [-0.39, 0.29) is 38.0 Å². The lowest BCUT2D eigenvalue weighted by Gasteiger charge is -2.18. The number of hydrogen-bond donors (Lipinski definition) is 0. The molecule has 0 saturated heterocycles. The van der Waals surface area contributed by atoms with Crippen molar-refractivity contribution < 1.29 is 28.6 Å². The fourth-order valence-corrected chi connectivity index (χ4v) is 6.38. The standard InChI is InChI=1S/C60H92O6/c1-4-7-10-13-16-19-22-25-27-29-31-32-35-38-41-44-47-50-53-59(62)65-56-57(55-64-58(61)52-49-46-43-40-37-34-24-21-18-15-12-9-6-3)66-60(63)54-51-48-45-42-39-36-33-30-28-26-23-20-17-14-11-8-5-2/h8-9,11-12,15,17-18,20-21,24,26-29,31-34,36-37,40,42-43,45,57H,4-7,10,13-14,16,19,22-23,25,30,35,38-39,41,44,46-56H2,1-3H3/b11-8+,12-9+,18-15+,20-17+,24-21+,28-26+,29-27+,32-31+,36-33+,37-34+,43-40+,45-42+. The van der Waals surface area contributed by atoms with E-state index in [0.717, 1.165) is 89.9 Å². The highest BCUT2D eigenvalue weighted by Crippen LogP contribution is 2.12. The Morgan fingerprint density at radius 3 is 1.18 bits per heavy atom. The minimum absolute atomic E-state index is 0.138. The minimum Gasteiger partial charge on any atom is -0.462 e. The van der Waals surface area contributed by atoms with Gasteiger partial charge < -0.3 is 14.2 Å². The molecule has 0 aromatic carbocycles. The van der Waals surface area contributed by atoms with Crippen LogP contribution >= 0.6 is 0 Å². The van der Waals surface area contributed by atoms with Crippen molar-refractivity contribution in [3.05, 3.63) is 146 Å². The maximum atomic E-state index is 12.8. The monoisotopic (exact) mass is 909 g/mol. The van der Waals surface area contributed by atoms with Crippen LogP contribution in [-0.2, 0) is 28.6 Å². The van der Waals surface area contributed by atoms with Gasteiger partial charge in [-0.2, -0.15) is 0 Å². The summed E-state index contributed by atoms with van der Waals surface area (Å²) in [5.41, 5.74) is 0. The predicted octanol–water partition coefficient (Wildman–Crippen LogP) is 17.3. The summed E-state index contributed by atoms with van der Waals surface area (Å²) in [6.07, 6.45) is 75.6. The van der Waals surface area contributed by atoms with Crippen LogP contribution in [0.3, 0.4) is 0 Å². The molecular weight excluding hydrogens is 817 g/mol. The fraction of sp³-hybridized carbons (Fsp3) is 0.550. The summed E-state index contributed by atoms with van der Waals surface area (Å²) in [6, 6.07) is 0. The van der Waals surface area contributed by atoms with Crippen molar-refractivity contribution in [1.29, 1.82) is 0 Å². The zero-order valence-electron chi connectivity index (χ0n) is 41.9. The van der Waals surface area contributed by atoms with E-state index in [4.69, 9.17) is 14.2 Å². The first kappa shape index (κ1) is 61.3. The van der Waals surface area contributed by atoms with Gasteiger partial charge in [-0.05, 0) is 96.3 Å². The van der Waals surface area contributed by atoms with Gasteiger partial charge in [0.15, 0.2) is 6.10 Å². The second-order valence-corrected chi connectivity index (χ2v) is 16.5. The third-order valence-corrected chi connectivity index (χ3v) is 10.2. The van der Waals surface area contributed by atoms with Crippen LogP contribution in [0.15, 0.2) is 146 Å². The van der Waals surface area contributed by atoms with E-state index >= 15 is 0 Å². The second kappa shape index (κ2) is 52.9. The summed E-state index contributed by atoms with van der Waals surface area (Å²) in [5, 5.41) is 0. The summed E-state index contributed by atoms with van der Waals surface area (Å²) in [7, 11) is 0. The smallest absolute Gasteiger partial charge is 0.306 e.